The maximum Gasteiger partial charge on any atom is 0.156 e. The van der Waals surface area contributed by atoms with Crippen molar-refractivity contribution in [2.24, 2.45) is 0 Å². The number of aryl methyl sites for hydroxylation is 1. The van der Waals surface area contributed by atoms with Crippen molar-refractivity contribution < 1.29 is 9.53 Å². The van der Waals surface area contributed by atoms with E-state index in [1.165, 1.54) is 0 Å². The summed E-state index contributed by atoms with van der Waals surface area (Å²) in [5.74, 6) is 1.12. The minimum Gasteiger partial charge on any atom is -0.376 e. The lowest BCUT2D eigenvalue weighted by Gasteiger charge is -2.23. The van der Waals surface area contributed by atoms with Crippen molar-refractivity contribution in [3.8, 4) is 0 Å². The first-order valence-electron chi connectivity index (χ1n) is 5.94. The summed E-state index contributed by atoms with van der Waals surface area (Å²) in [4.78, 5) is 21.3. The van der Waals surface area contributed by atoms with Gasteiger partial charge in [-0.2, -0.15) is 0 Å². The molecule has 1 unspecified atom stereocenters. The van der Waals surface area contributed by atoms with Gasteiger partial charge in [0.2, 0.25) is 0 Å². The molecule has 1 aromatic heterocycles. The average Bonchev–Trinajstić information content (AvgIpc) is 2.80. The van der Waals surface area contributed by atoms with Crippen LogP contribution >= 0.6 is 11.6 Å². The van der Waals surface area contributed by atoms with E-state index in [2.05, 4.69) is 9.97 Å². The number of halogens is 1. The fourth-order valence-corrected chi connectivity index (χ4v) is 2.36. The lowest BCUT2D eigenvalue weighted by molar-refractivity contribution is 0.111. The number of anilines is 1. The summed E-state index contributed by atoms with van der Waals surface area (Å²) in [6, 6.07) is 0. The Morgan fingerprint density at radius 3 is 2.94 bits per heavy atom. The molecule has 0 bridgehead atoms. The van der Waals surface area contributed by atoms with Crippen molar-refractivity contribution >= 4 is 23.7 Å². The molecule has 0 aliphatic carbocycles. The second-order valence-electron chi connectivity index (χ2n) is 4.43. The number of ether oxygens (including phenoxy) is 1. The van der Waals surface area contributed by atoms with Gasteiger partial charge in [-0.1, -0.05) is 11.6 Å². The van der Waals surface area contributed by atoms with Gasteiger partial charge in [0, 0.05) is 20.2 Å². The van der Waals surface area contributed by atoms with Crippen molar-refractivity contribution in [3.63, 3.8) is 0 Å². The Labute approximate surface area is 111 Å². The van der Waals surface area contributed by atoms with Gasteiger partial charge in [-0.25, -0.2) is 9.97 Å². The SMILES string of the molecule is Cc1nc(Cl)c(C=O)c(N(C)CC2CCCO2)n1. The maximum atomic E-state index is 11.1. The van der Waals surface area contributed by atoms with E-state index in [0.29, 0.717) is 30.0 Å². The second kappa shape index (κ2) is 5.63. The number of rotatable bonds is 4. The van der Waals surface area contributed by atoms with Crippen molar-refractivity contribution in [1.82, 2.24) is 9.97 Å². The van der Waals surface area contributed by atoms with E-state index in [-0.39, 0.29) is 11.3 Å². The molecule has 0 saturated carbocycles. The summed E-state index contributed by atoms with van der Waals surface area (Å²) in [7, 11) is 1.88. The summed E-state index contributed by atoms with van der Waals surface area (Å²) in [5, 5.41) is 0.201. The summed E-state index contributed by atoms with van der Waals surface area (Å²) in [6.45, 7) is 3.26. The third-order valence-corrected chi connectivity index (χ3v) is 3.26. The van der Waals surface area contributed by atoms with Crippen LogP contribution < -0.4 is 4.90 Å². The molecule has 0 amide bonds. The van der Waals surface area contributed by atoms with Gasteiger partial charge in [0.05, 0.1) is 11.7 Å². The van der Waals surface area contributed by atoms with E-state index in [4.69, 9.17) is 16.3 Å². The van der Waals surface area contributed by atoms with Crippen LogP contribution in [0.15, 0.2) is 0 Å². The molecule has 0 spiro atoms. The molecule has 0 aromatic carbocycles. The van der Waals surface area contributed by atoms with E-state index in [9.17, 15) is 4.79 Å². The van der Waals surface area contributed by atoms with Gasteiger partial charge in [-0.3, -0.25) is 4.79 Å². The van der Waals surface area contributed by atoms with E-state index in [1.807, 2.05) is 11.9 Å². The molecule has 2 heterocycles. The first-order chi connectivity index (χ1) is 8.61. The Balaban J connectivity index is 2.22. The summed E-state index contributed by atoms with van der Waals surface area (Å²) >= 11 is 5.96. The van der Waals surface area contributed by atoms with Gasteiger partial charge in [-0.05, 0) is 19.8 Å². The predicted octanol–water partition coefficient (Wildman–Crippen LogP) is 1.87. The summed E-state index contributed by atoms with van der Waals surface area (Å²) in [6.07, 6.45) is 3.02. The lowest BCUT2D eigenvalue weighted by Crippen LogP contribution is -2.30. The van der Waals surface area contributed by atoms with Crippen LogP contribution in [0.3, 0.4) is 0 Å². The van der Waals surface area contributed by atoms with Gasteiger partial charge in [-0.15, -0.1) is 0 Å². The van der Waals surface area contributed by atoms with E-state index in [0.717, 1.165) is 19.4 Å². The zero-order valence-electron chi connectivity index (χ0n) is 10.5. The van der Waals surface area contributed by atoms with Crippen LogP contribution in [0.1, 0.15) is 29.0 Å². The molecule has 1 atom stereocenters. The quantitative estimate of drug-likeness (QED) is 0.617. The highest BCUT2D eigenvalue weighted by molar-refractivity contribution is 6.32. The van der Waals surface area contributed by atoms with Gasteiger partial charge in [0.15, 0.2) is 6.29 Å². The van der Waals surface area contributed by atoms with Crippen molar-refractivity contribution in [1.29, 1.82) is 0 Å². The average molecular weight is 270 g/mol. The largest absolute Gasteiger partial charge is 0.376 e. The number of carbonyl (C=O) groups is 1. The number of hydrogen-bond acceptors (Lipinski definition) is 5. The minimum absolute atomic E-state index is 0.198. The van der Waals surface area contributed by atoms with Crippen LogP contribution in [-0.4, -0.2) is 42.6 Å². The molecule has 1 aliphatic rings. The fraction of sp³-hybridized carbons (Fsp3) is 0.583. The third-order valence-electron chi connectivity index (χ3n) is 2.97. The topological polar surface area (TPSA) is 55.3 Å². The molecule has 18 heavy (non-hydrogen) atoms. The summed E-state index contributed by atoms with van der Waals surface area (Å²) < 4.78 is 5.57. The molecular formula is C12H16ClN3O2. The van der Waals surface area contributed by atoms with Gasteiger partial charge in [0.25, 0.3) is 0 Å². The standard InChI is InChI=1S/C12H16ClN3O2/c1-8-14-11(13)10(7-17)12(15-8)16(2)6-9-4-3-5-18-9/h7,9H,3-6H2,1-2H3. The molecule has 1 aliphatic heterocycles. The number of likely N-dealkylation sites (N-methyl/N-ethyl adjacent to an activating group) is 1. The Morgan fingerprint density at radius 2 is 2.33 bits per heavy atom. The predicted molar refractivity (Wildman–Crippen MR) is 69.4 cm³/mol. The zero-order valence-corrected chi connectivity index (χ0v) is 11.3. The molecule has 0 N–H and O–H groups in total. The molecule has 1 saturated heterocycles. The van der Waals surface area contributed by atoms with E-state index < -0.39 is 0 Å². The van der Waals surface area contributed by atoms with Gasteiger partial charge >= 0.3 is 0 Å². The fourth-order valence-electron chi connectivity index (χ4n) is 2.11. The van der Waals surface area contributed by atoms with Crippen LogP contribution in [0.25, 0.3) is 0 Å². The smallest absolute Gasteiger partial charge is 0.156 e. The Bertz CT molecular complexity index is 447. The van der Waals surface area contributed by atoms with E-state index >= 15 is 0 Å². The van der Waals surface area contributed by atoms with Crippen LogP contribution in [0.2, 0.25) is 5.15 Å². The molecule has 0 radical (unpaired) electrons. The minimum atomic E-state index is 0.198. The number of nitrogens with zero attached hydrogens (tertiary/aromatic N) is 3. The van der Waals surface area contributed by atoms with E-state index in [1.54, 1.807) is 6.92 Å². The normalized spacial score (nSPS) is 18.9. The lowest BCUT2D eigenvalue weighted by atomic mass is 10.2. The molecule has 5 nitrogen and oxygen atoms in total. The first kappa shape index (κ1) is 13.2. The first-order valence-corrected chi connectivity index (χ1v) is 6.31. The number of carbonyl (C=O) groups excluding carboxylic acids is 1. The van der Waals surface area contributed by atoms with Crippen LogP contribution in [0.5, 0.6) is 0 Å². The van der Waals surface area contributed by atoms with Gasteiger partial charge < -0.3 is 9.64 Å². The Kier molecular flexibility index (Phi) is 4.14. The monoisotopic (exact) mass is 269 g/mol. The second-order valence-corrected chi connectivity index (χ2v) is 4.79. The highest BCUT2D eigenvalue weighted by atomic mass is 35.5. The van der Waals surface area contributed by atoms with Gasteiger partial charge in [0.1, 0.15) is 16.8 Å². The van der Waals surface area contributed by atoms with Crippen LogP contribution in [0, 0.1) is 6.92 Å². The summed E-state index contributed by atoms with van der Waals surface area (Å²) in [5.41, 5.74) is 0.336. The molecular weight excluding hydrogens is 254 g/mol. The third kappa shape index (κ3) is 2.79. The highest BCUT2D eigenvalue weighted by Crippen LogP contribution is 2.23. The van der Waals surface area contributed by atoms with Crippen molar-refractivity contribution in [2.75, 3.05) is 25.1 Å². The Morgan fingerprint density at radius 1 is 1.56 bits per heavy atom. The number of aromatic nitrogens is 2. The molecule has 1 aromatic rings. The maximum absolute atomic E-state index is 11.1. The van der Waals surface area contributed by atoms with Crippen molar-refractivity contribution in [3.05, 3.63) is 16.5 Å². The number of aldehydes is 1. The molecule has 6 heteroatoms. The molecule has 1 fully saturated rings. The molecule has 2 rings (SSSR count). The van der Waals surface area contributed by atoms with Crippen molar-refractivity contribution in [2.45, 2.75) is 25.9 Å². The van der Waals surface area contributed by atoms with Crippen LogP contribution in [-0.2, 0) is 4.74 Å². The molecule has 98 valence electrons. The number of hydrogen-bond donors (Lipinski definition) is 0. The van der Waals surface area contributed by atoms with Crippen LogP contribution in [0.4, 0.5) is 5.82 Å². The zero-order chi connectivity index (χ0) is 13.1. The highest BCUT2D eigenvalue weighted by Gasteiger charge is 2.21. The Hall–Kier alpha value is -1.20.